The lowest BCUT2D eigenvalue weighted by Crippen LogP contribution is -2.36. The largest absolute Gasteiger partial charge is 0.309 e. The average molecular weight is 296 g/mol. The zero-order chi connectivity index (χ0) is 15.5. The van der Waals surface area contributed by atoms with Crippen LogP contribution >= 0.6 is 0 Å². The number of nitrogens with zero attached hydrogens (tertiary/aromatic N) is 4. The van der Waals surface area contributed by atoms with Gasteiger partial charge in [0.05, 0.1) is 6.54 Å². The zero-order valence-electron chi connectivity index (χ0n) is 12.2. The fourth-order valence-electron chi connectivity index (χ4n) is 2.59. The molecular formula is C16H16N4O2. The first-order chi connectivity index (χ1) is 10.8. The summed E-state index contributed by atoms with van der Waals surface area (Å²) in [4.78, 5) is 33.0. The van der Waals surface area contributed by atoms with E-state index in [1.807, 2.05) is 28.5 Å². The highest BCUT2D eigenvalue weighted by molar-refractivity contribution is 5.99. The second kappa shape index (κ2) is 5.93. The maximum Gasteiger partial charge on any atom is 0.151 e. The van der Waals surface area contributed by atoms with Gasteiger partial charge >= 0.3 is 0 Å². The smallest absolute Gasteiger partial charge is 0.151 e. The van der Waals surface area contributed by atoms with Gasteiger partial charge in [0.1, 0.15) is 17.5 Å². The summed E-state index contributed by atoms with van der Waals surface area (Å²) in [7, 11) is 0. The molecule has 1 aromatic rings. The predicted molar refractivity (Wildman–Crippen MR) is 82.4 cm³/mol. The first-order valence-corrected chi connectivity index (χ1v) is 7.12. The Morgan fingerprint density at radius 1 is 1.32 bits per heavy atom. The molecule has 0 spiro atoms. The zero-order valence-corrected chi connectivity index (χ0v) is 12.2. The van der Waals surface area contributed by atoms with Crippen molar-refractivity contribution in [3.8, 4) is 0 Å². The normalized spacial score (nSPS) is 20.5. The molecule has 2 aliphatic rings. The molecule has 0 N–H and O–H groups in total. The van der Waals surface area contributed by atoms with Gasteiger partial charge in [0.15, 0.2) is 12.6 Å². The van der Waals surface area contributed by atoms with Crippen LogP contribution in [0.2, 0.25) is 0 Å². The van der Waals surface area contributed by atoms with Crippen LogP contribution in [0, 0.1) is 0 Å². The summed E-state index contributed by atoms with van der Waals surface area (Å²) in [6, 6.07) is 3.58. The molecule has 0 fully saturated rings. The topological polar surface area (TPSA) is 67.0 Å². The van der Waals surface area contributed by atoms with Gasteiger partial charge in [-0.2, -0.15) is 0 Å². The first kappa shape index (κ1) is 14.2. The third-order valence-corrected chi connectivity index (χ3v) is 3.61. The number of aromatic nitrogens is 1. The SMILES string of the molecule is CC/N=c1/ccc(C=O)cn1C1CN=C2C=CC(C=O)=CN21. The Hall–Kier alpha value is -2.76. The third-order valence-electron chi connectivity index (χ3n) is 3.61. The van der Waals surface area contributed by atoms with E-state index in [-0.39, 0.29) is 6.17 Å². The van der Waals surface area contributed by atoms with Gasteiger partial charge in [-0.15, -0.1) is 0 Å². The van der Waals surface area contributed by atoms with Gasteiger partial charge in [-0.3, -0.25) is 19.6 Å². The Bertz CT molecular complexity index is 771. The van der Waals surface area contributed by atoms with E-state index in [0.717, 1.165) is 23.9 Å². The van der Waals surface area contributed by atoms with Gasteiger partial charge in [0.2, 0.25) is 0 Å². The van der Waals surface area contributed by atoms with Crippen molar-refractivity contribution < 1.29 is 9.59 Å². The highest BCUT2D eigenvalue weighted by Gasteiger charge is 2.28. The van der Waals surface area contributed by atoms with Crippen LogP contribution in [0.25, 0.3) is 0 Å². The summed E-state index contributed by atoms with van der Waals surface area (Å²) in [5, 5.41) is 0. The molecule has 6 nitrogen and oxygen atoms in total. The number of hydrogen-bond acceptors (Lipinski definition) is 5. The van der Waals surface area contributed by atoms with E-state index < -0.39 is 0 Å². The average Bonchev–Trinajstić information content (AvgIpc) is 2.98. The molecule has 0 saturated heterocycles. The van der Waals surface area contributed by atoms with Crippen molar-refractivity contribution >= 4 is 18.4 Å². The summed E-state index contributed by atoms with van der Waals surface area (Å²) in [5.41, 5.74) is 1.95. The summed E-state index contributed by atoms with van der Waals surface area (Å²) < 4.78 is 1.93. The molecule has 3 heterocycles. The summed E-state index contributed by atoms with van der Waals surface area (Å²) >= 11 is 0. The van der Waals surface area contributed by atoms with Gasteiger partial charge in [-0.1, -0.05) is 0 Å². The standard InChI is InChI=1S/C16H16N4O2/c1-2-17-14-5-3-12(10-21)8-19(14)16-7-18-15-6-4-13(11-22)9-20(15)16/h3-6,8-11,16H,2,7H2,1H3/b17-14-. The molecule has 3 rings (SSSR count). The minimum Gasteiger partial charge on any atom is -0.309 e. The second-order valence-corrected chi connectivity index (χ2v) is 4.99. The second-order valence-electron chi connectivity index (χ2n) is 4.99. The maximum atomic E-state index is 11.1. The Labute approximate surface area is 127 Å². The summed E-state index contributed by atoms with van der Waals surface area (Å²) in [6.07, 6.45) is 8.62. The van der Waals surface area contributed by atoms with Crippen LogP contribution in [0.3, 0.4) is 0 Å². The highest BCUT2D eigenvalue weighted by atomic mass is 16.1. The molecule has 1 aromatic heterocycles. The quantitative estimate of drug-likeness (QED) is 0.781. The number of aldehydes is 2. The van der Waals surface area contributed by atoms with Crippen molar-refractivity contribution in [3.05, 3.63) is 53.3 Å². The monoisotopic (exact) mass is 296 g/mol. The molecule has 0 bridgehead atoms. The van der Waals surface area contributed by atoms with Crippen molar-refractivity contribution in [2.45, 2.75) is 13.1 Å². The fraction of sp³-hybridized carbons (Fsp3) is 0.250. The van der Waals surface area contributed by atoms with Crippen molar-refractivity contribution in [2.75, 3.05) is 13.1 Å². The van der Waals surface area contributed by atoms with Crippen molar-refractivity contribution in [2.24, 2.45) is 9.98 Å². The Morgan fingerprint density at radius 2 is 2.18 bits per heavy atom. The van der Waals surface area contributed by atoms with Crippen molar-refractivity contribution in [1.82, 2.24) is 9.47 Å². The van der Waals surface area contributed by atoms with Gasteiger partial charge < -0.3 is 9.47 Å². The van der Waals surface area contributed by atoms with E-state index in [4.69, 9.17) is 0 Å². The van der Waals surface area contributed by atoms with Gasteiger partial charge in [-0.25, -0.2) is 0 Å². The molecule has 0 amide bonds. The molecule has 22 heavy (non-hydrogen) atoms. The molecule has 0 radical (unpaired) electrons. The minimum atomic E-state index is -0.125. The first-order valence-electron chi connectivity index (χ1n) is 7.12. The molecule has 1 atom stereocenters. The summed E-state index contributed by atoms with van der Waals surface area (Å²) in [5.74, 6) is 0.807. The number of amidine groups is 1. The number of rotatable bonds is 4. The number of carbonyl (C=O) groups excluding carboxylic acids is 2. The van der Waals surface area contributed by atoms with Crippen molar-refractivity contribution in [3.63, 3.8) is 0 Å². The molecule has 6 heteroatoms. The highest BCUT2D eigenvalue weighted by Crippen LogP contribution is 2.24. The maximum absolute atomic E-state index is 11.1. The summed E-state index contributed by atoms with van der Waals surface area (Å²) in [6.45, 7) is 3.15. The van der Waals surface area contributed by atoms with Crippen LogP contribution in [0.15, 0.2) is 52.2 Å². The predicted octanol–water partition coefficient (Wildman–Crippen LogP) is 1.09. The van der Waals surface area contributed by atoms with E-state index in [0.29, 0.717) is 24.2 Å². The molecular weight excluding hydrogens is 280 g/mol. The number of pyridine rings is 1. The fourth-order valence-corrected chi connectivity index (χ4v) is 2.59. The van der Waals surface area contributed by atoms with E-state index in [2.05, 4.69) is 9.98 Å². The van der Waals surface area contributed by atoms with E-state index >= 15 is 0 Å². The minimum absolute atomic E-state index is 0.125. The lowest BCUT2D eigenvalue weighted by molar-refractivity contribution is -0.104. The molecule has 0 aromatic carbocycles. The number of aliphatic imine (C=N–C) groups is 1. The Kier molecular flexibility index (Phi) is 3.82. The third kappa shape index (κ3) is 2.43. The van der Waals surface area contributed by atoms with Gasteiger partial charge in [-0.05, 0) is 31.2 Å². The Morgan fingerprint density at radius 3 is 2.91 bits per heavy atom. The Balaban J connectivity index is 2.07. The van der Waals surface area contributed by atoms with Crippen LogP contribution in [-0.2, 0) is 4.79 Å². The van der Waals surface area contributed by atoms with Crippen LogP contribution in [-0.4, -0.2) is 41.0 Å². The van der Waals surface area contributed by atoms with E-state index in [1.54, 1.807) is 24.5 Å². The van der Waals surface area contributed by atoms with Crippen LogP contribution < -0.4 is 5.49 Å². The number of fused-ring (bicyclic) bond motifs is 1. The molecule has 1 unspecified atom stereocenters. The lowest BCUT2D eigenvalue weighted by atomic mass is 10.2. The van der Waals surface area contributed by atoms with Crippen LogP contribution in [0.4, 0.5) is 0 Å². The number of allylic oxidation sites excluding steroid dienone is 2. The van der Waals surface area contributed by atoms with Gasteiger partial charge in [0, 0.05) is 30.1 Å². The van der Waals surface area contributed by atoms with E-state index in [1.165, 1.54) is 0 Å². The molecule has 112 valence electrons. The molecule has 0 saturated carbocycles. The number of carbonyl (C=O) groups is 2. The lowest BCUT2D eigenvalue weighted by Gasteiger charge is -2.28. The van der Waals surface area contributed by atoms with Gasteiger partial charge in [0.25, 0.3) is 0 Å². The molecule has 2 aliphatic heterocycles. The molecule has 0 aliphatic carbocycles. The van der Waals surface area contributed by atoms with E-state index in [9.17, 15) is 9.59 Å². The van der Waals surface area contributed by atoms with Crippen LogP contribution in [0.5, 0.6) is 0 Å². The van der Waals surface area contributed by atoms with Crippen LogP contribution in [0.1, 0.15) is 23.4 Å². The van der Waals surface area contributed by atoms with Crippen molar-refractivity contribution in [1.29, 1.82) is 0 Å². The number of hydrogen-bond donors (Lipinski definition) is 0.